The zero-order valence-electron chi connectivity index (χ0n) is 48.2. The normalized spacial score (nSPS) is 22.7. The number of aromatic amines is 2. The number of carbonyl (C=O) groups excluding carboxylic acids is 10. The predicted octanol–water partition coefficient (Wildman–Crippen LogP) is -0.587. The fourth-order valence-electron chi connectivity index (χ4n) is 10.7. The minimum absolute atomic E-state index is 0.0227. The number of fused-ring (bicyclic) bond motifs is 2. The third kappa shape index (κ3) is 20.5. The minimum atomic E-state index is -1.49. The molecule has 0 spiro atoms. The van der Waals surface area contributed by atoms with Crippen LogP contribution in [0.15, 0.2) is 78.3 Å². The van der Waals surface area contributed by atoms with E-state index < -0.39 is 90.4 Å². The number of nitrogens with one attached hydrogen (secondary N) is 11. The molecule has 28 heteroatoms. The first kappa shape index (κ1) is 64.9. The number of imidazole rings is 1. The van der Waals surface area contributed by atoms with Gasteiger partial charge in [-0.3, -0.25) is 48.1 Å². The molecule has 27 nitrogen and oxygen atoms in total. The summed E-state index contributed by atoms with van der Waals surface area (Å²) in [6.45, 7) is -0.00386. The molecular weight excluding hydrogens is 1130 g/mol. The molecule has 0 saturated carbocycles. The van der Waals surface area contributed by atoms with Crippen molar-refractivity contribution in [3.63, 3.8) is 0 Å². The molecule has 0 aliphatic carbocycles. The summed E-state index contributed by atoms with van der Waals surface area (Å²) in [6, 6.07) is 9.32. The van der Waals surface area contributed by atoms with E-state index >= 15 is 0 Å². The first-order chi connectivity index (χ1) is 41.5. The number of unbranched alkanes of at least 4 members (excludes halogenated alkanes) is 3. The number of amides is 11. The highest BCUT2D eigenvalue weighted by Gasteiger charge is 2.43. The van der Waals surface area contributed by atoms with E-state index in [0.29, 0.717) is 54.3 Å². The molecule has 0 bridgehead atoms. The summed E-state index contributed by atoms with van der Waals surface area (Å²) in [5.41, 5.74) is 19.4. The van der Waals surface area contributed by atoms with Gasteiger partial charge in [0.05, 0.1) is 31.4 Å². The second-order valence-electron chi connectivity index (χ2n) is 21.9. The SMILES string of the molecule is NC(=O)CN1CCCCNC(=O)C[C@H](NC(=O)CCCCCNC(=O)CCCC[C@@H]2SC[C@@H]3NC(=O)N[C@@H]32)C(=O)N[C@@H](Cc2cnc[nH]2)C(=O)N[C@H](Cc2ccccc2)C(=O)N[C@@H](CCCN=C(N)N)C(=O)N[C@@H](Cc2c[nH]c3ccccc23)C1=O. The van der Waals surface area contributed by atoms with Crippen LogP contribution < -0.4 is 65.1 Å². The number of hydrogen-bond acceptors (Lipinski definition) is 13. The van der Waals surface area contributed by atoms with E-state index in [1.807, 2.05) is 36.0 Å². The number of aliphatic imine (C=N–C) groups is 1. The fraction of sp³-hybridized carbons (Fsp3) is 0.517. The number of para-hydroxylation sites is 1. The molecule has 7 rings (SSSR count). The van der Waals surface area contributed by atoms with Crippen LogP contribution in [-0.2, 0) is 62.4 Å². The van der Waals surface area contributed by atoms with Gasteiger partial charge in [0.25, 0.3) is 0 Å². The smallest absolute Gasteiger partial charge is 0.315 e. The molecule has 5 heterocycles. The summed E-state index contributed by atoms with van der Waals surface area (Å²) in [4.78, 5) is 153. The number of guanidine groups is 1. The lowest BCUT2D eigenvalue weighted by molar-refractivity contribution is -0.139. The third-order valence-corrected chi connectivity index (χ3v) is 16.7. The van der Waals surface area contributed by atoms with Crippen LogP contribution in [0.5, 0.6) is 0 Å². The predicted molar refractivity (Wildman–Crippen MR) is 322 cm³/mol. The Balaban J connectivity index is 1.07. The van der Waals surface area contributed by atoms with Gasteiger partial charge in [-0.05, 0) is 68.6 Å². The molecule has 0 radical (unpaired) electrons. The quantitative estimate of drug-likeness (QED) is 0.0181. The Bertz CT molecular complexity index is 2990. The van der Waals surface area contributed by atoms with Crippen LogP contribution in [0.1, 0.15) is 100 Å². The van der Waals surface area contributed by atoms with E-state index in [0.717, 1.165) is 35.9 Å². The van der Waals surface area contributed by atoms with E-state index in [1.165, 1.54) is 17.4 Å². The van der Waals surface area contributed by atoms with Crippen molar-refractivity contribution in [2.75, 3.05) is 38.5 Å². The number of primary amides is 1. The van der Waals surface area contributed by atoms with Gasteiger partial charge in [-0.15, -0.1) is 0 Å². The number of thioether (sulfide) groups is 1. The molecule has 3 saturated heterocycles. The molecule has 8 atom stereocenters. The highest BCUT2D eigenvalue weighted by molar-refractivity contribution is 8.00. The molecule has 86 heavy (non-hydrogen) atoms. The molecule has 2 aromatic heterocycles. The number of aromatic nitrogens is 3. The number of hydrogen-bond donors (Lipinski definition) is 14. The molecule has 3 aliphatic rings. The summed E-state index contributed by atoms with van der Waals surface area (Å²) in [7, 11) is 0. The van der Waals surface area contributed by atoms with Crippen molar-refractivity contribution in [3.8, 4) is 0 Å². The van der Waals surface area contributed by atoms with Crippen molar-refractivity contribution >= 4 is 87.8 Å². The van der Waals surface area contributed by atoms with E-state index in [2.05, 4.69) is 67.8 Å². The monoisotopic (exact) mass is 1210 g/mol. The van der Waals surface area contributed by atoms with Gasteiger partial charge in [0.15, 0.2) is 5.96 Å². The van der Waals surface area contributed by atoms with E-state index in [9.17, 15) is 47.9 Å². The Hall–Kier alpha value is -8.69. The standard InChI is InChI=1S/C58H81N17O10S/c59-47(76)32-75-25-12-11-23-64-50(79)29-43(68-49(78)21-5-2-10-22-63-48(77)20-9-8-19-46-51-45(33-86-46)73-58(85)74-51)55(83)71-42(28-37-31-62-34-67-37)54(82)70-41(26-35-14-3-1-4-15-35)53(81)69-40(18-13-24-65-57(60)61)52(80)72-44(56(75)84)27-36-30-66-39-17-7-6-16-38(36)39/h1,3-4,6-7,14-17,30-31,34,40-46,51,66H,2,5,8-13,18-29,32-33H2,(H2,59,76)(H,62,67)(H,63,77)(H,64,79)(H,68,78)(H,69,81)(H,70,82)(H,71,83)(H,72,80)(H4,60,61,65)(H2,73,74,85)/t40-,41+,42-,43-,44-,45-,46-,51-/m0/s1. The molecular formula is C58H81N17O10S. The molecule has 3 fully saturated rings. The summed E-state index contributed by atoms with van der Waals surface area (Å²) >= 11 is 1.84. The van der Waals surface area contributed by atoms with E-state index in [1.54, 1.807) is 36.5 Å². The van der Waals surface area contributed by atoms with Gasteiger partial charge in [0, 0.05) is 98.3 Å². The largest absolute Gasteiger partial charge is 0.370 e. The van der Waals surface area contributed by atoms with E-state index in [-0.39, 0.29) is 101 Å². The highest BCUT2D eigenvalue weighted by atomic mass is 32.2. The zero-order valence-corrected chi connectivity index (χ0v) is 49.0. The van der Waals surface area contributed by atoms with Crippen molar-refractivity contribution < 1.29 is 47.9 Å². The van der Waals surface area contributed by atoms with Gasteiger partial charge in [-0.2, -0.15) is 11.8 Å². The maximum absolute atomic E-state index is 14.8. The van der Waals surface area contributed by atoms with Crippen molar-refractivity contribution in [2.24, 2.45) is 22.2 Å². The molecule has 17 N–H and O–H groups in total. The topological polar surface area (TPSA) is 417 Å². The van der Waals surface area contributed by atoms with Crippen LogP contribution >= 0.6 is 11.8 Å². The summed E-state index contributed by atoms with van der Waals surface area (Å²) in [6.07, 6.45) is 8.72. The fourth-order valence-corrected chi connectivity index (χ4v) is 12.3. The van der Waals surface area contributed by atoms with Gasteiger partial charge in [-0.25, -0.2) is 9.78 Å². The maximum atomic E-state index is 14.8. The Labute approximate surface area is 502 Å². The first-order valence-corrected chi connectivity index (χ1v) is 30.5. The Morgan fingerprint density at radius 3 is 2.17 bits per heavy atom. The van der Waals surface area contributed by atoms with Crippen molar-refractivity contribution in [1.82, 2.24) is 67.7 Å². The van der Waals surface area contributed by atoms with Crippen LogP contribution in [0.3, 0.4) is 0 Å². The lowest BCUT2D eigenvalue weighted by Gasteiger charge is -2.29. The molecule has 464 valence electrons. The summed E-state index contributed by atoms with van der Waals surface area (Å²) in [5, 5.41) is 26.6. The number of urea groups is 1. The molecule has 0 unspecified atom stereocenters. The molecule has 4 aromatic rings. The maximum Gasteiger partial charge on any atom is 0.315 e. The number of benzene rings is 2. The number of nitrogens with zero attached hydrogens (tertiary/aromatic N) is 3. The van der Waals surface area contributed by atoms with Gasteiger partial charge < -0.3 is 79.9 Å². The number of nitrogens with two attached hydrogens (primary N) is 3. The number of rotatable bonds is 24. The minimum Gasteiger partial charge on any atom is -0.370 e. The average molecular weight is 1210 g/mol. The van der Waals surface area contributed by atoms with E-state index in [4.69, 9.17) is 17.2 Å². The zero-order chi connectivity index (χ0) is 61.4. The van der Waals surface area contributed by atoms with Crippen LogP contribution in [0, 0.1) is 0 Å². The van der Waals surface area contributed by atoms with Gasteiger partial charge in [0.2, 0.25) is 53.2 Å². The molecule has 3 aliphatic heterocycles. The molecule has 11 amide bonds. The van der Waals surface area contributed by atoms with Gasteiger partial charge >= 0.3 is 6.03 Å². The Morgan fingerprint density at radius 1 is 0.698 bits per heavy atom. The average Bonchev–Trinajstić information content (AvgIpc) is 2.45. The second-order valence-corrected chi connectivity index (χ2v) is 23.1. The van der Waals surface area contributed by atoms with Crippen LogP contribution in [0.4, 0.5) is 4.79 Å². The number of carbonyl (C=O) groups is 10. The van der Waals surface area contributed by atoms with Crippen molar-refractivity contribution in [1.29, 1.82) is 0 Å². The van der Waals surface area contributed by atoms with Gasteiger partial charge in [0.1, 0.15) is 30.2 Å². The van der Waals surface area contributed by atoms with Crippen LogP contribution in [0.25, 0.3) is 10.9 Å². The lowest BCUT2D eigenvalue weighted by atomic mass is 10.0. The highest BCUT2D eigenvalue weighted by Crippen LogP contribution is 2.33. The number of H-pyrrole nitrogens is 2. The Kier molecular flexibility index (Phi) is 25.0. The van der Waals surface area contributed by atoms with Crippen molar-refractivity contribution in [2.45, 2.75) is 150 Å². The van der Waals surface area contributed by atoms with Crippen molar-refractivity contribution in [3.05, 3.63) is 90.1 Å². The Morgan fingerprint density at radius 2 is 1.41 bits per heavy atom. The summed E-state index contributed by atoms with van der Waals surface area (Å²) in [5.74, 6) is -5.32. The van der Waals surface area contributed by atoms with Crippen LogP contribution in [0.2, 0.25) is 0 Å². The first-order valence-electron chi connectivity index (χ1n) is 29.4. The second kappa shape index (κ2) is 33.1. The lowest BCUT2D eigenvalue weighted by Crippen LogP contribution is -2.60. The van der Waals surface area contributed by atoms with Gasteiger partial charge in [-0.1, -0.05) is 61.4 Å². The van der Waals surface area contributed by atoms with Crippen LogP contribution in [-0.4, -0.2) is 171 Å². The third-order valence-electron chi connectivity index (χ3n) is 15.2. The summed E-state index contributed by atoms with van der Waals surface area (Å²) < 4.78 is 0. The molecule has 2 aromatic carbocycles.